The molecule has 2 N–H and O–H groups in total. The molecular formula is C13H11N3O3S. The molecule has 1 aromatic carbocycles. The molecule has 0 aliphatic rings. The Bertz CT molecular complexity index is 882. The number of thiazole rings is 1. The molecule has 2 aromatic heterocycles. The van der Waals surface area contributed by atoms with Gasteiger partial charge >= 0.3 is 5.97 Å². The number of esters is 1. The van der Waals surface area contributed by atoms with Crippen LogP contribution in [0.1, 0.15) is 17.3 Å². The summed E-state index contributed by atoms with van der Waals surface area (Å²) in [5.41, 5.74) is 6.53. The number of carbonyl (C=O) groups excluding carboxylic acids is 1. The Morgan fingerprint density at radius 1 is 1.50 bits per heavy atom. The summed E-state index contributed by atoms with van der Waals surface area (Å²) in [6.45, 7) is 1.89. The lowest BCUT2D eigenvalue weighted by atomic mass is 10.3. The van der Waals surface area contributed by atoms with Crippen molar-refractivity contribution in [3.63, 3.8) is 0 Å². The number of hydrogen-bond donors (Lipinski definition) is 1. The number of ether oxygens (including phenoxy) is 1. The maximum absolute atomic E-state index is 12.4. The summed E-state index contributed by atoms with van der Waals surface area (Å²) < 4.78 is 7.11. The smallest absolute Gasteiger partial charge is 0.345 e. The van der Waals surface area contributed by atoms with Crippen LogP contribution in [0, 0.1) is 0 Å². The number of nitrogen functional groups attached to an aromatic ring is 1. The Morgan fingerprint density at radius 3 is 3.05 bits per heavy atom. The normalized spacial score (nSPS) is 11.1. The Labute approximate surface area is 117 Å². The Kier molecular flexibility index (Phi) is 2.90. The van der Waals surface area contributed by atoms with E-state index in [2.05, 4.69) is 4.98 Å². The molecule has 102 valence electrons. The van der Waals surface area contributed by atoms with Gasteiger partial charge in [0, 0.05) is 5.69 Å². The highest BCUT2D eigenvalue weighted by molar-refractivity contribution is 7.23. The zero-order chi connectivity index (χ0) is 14.3. The third-order valence-corrected chi connectivity index (χ3v) is 3.87. The van der Waals surface area contributed by atoms with Crippen molar-refractivity contribution < 1.29 is 9.53 Å². The van der Waals surface area contributed by atoms with Crippen LogP contribution < -0.4 is 11.3 Å². The fourth-order valence-corrected chi connectivity index (χ4v) is 3.00. The van der Waals surface area contributed by atoms with E-state index in [0.29, 0.717) is 16.2 Å². The second-order valence-corrected chi connectivity index (χ2v) is 5.15. The molecule has 0 radical (unpaired) electrons. The first-order chi connectivity index (χ1) is 9.61. The first-order valence-electron chi connectivity index (χ1n) is 5.98. The number of benzene rings is 1. The van der Waals surface area contributed by atoms with Gasteiger partial charge in [0.25, 0.3) is 5.56 Å². The lowest BCUT2D eigenvalue weighted by molar-refractivity contribution is 0.0523. The number of hydrogen-bond acceptors (Lipinski definition) is 6. The van der Waals surface area contributed by atoms with Gasteiger partial charge in [-0.25, -0.2) is 9.78 Å². The molecule has 0 spiro atoms. The summed E-state index contributed by atoms with van der Waals surface area (Å²) >= 11 is 1.34. The highest BCUT2D eigenvalue weighted by Gasteiger charge is 2.17. The van der Waals surface area contributed by atoms with Crippen LogP contribution in [0.5, 0.6) is 0 Å². The molecular weight excluding hydrogens is 278 g/mol. The predicted molar refractivity (Wildman–Crippen MR) is 77.2 cm³/mol. The molecule has 0 saturated carbocycles. The minimum absolute atomic E-state index is 0.0686. The number of carbonyl (C=O) groups is 1. The van der Waals surface area contributed by atoms with Crippen LogP contribution in [-0.4, -0.2) is 22.0 Å². The number of aromatic nitrogens is 2. The monoisotopic (exact) mass is 289 g/mol. The second-order valence-electron chi connectivity index (χ2n) is 4.14. The molecule has 0 fully saturated rings. The van der Waals surface area contributed by atoms with E-state index in [1.54, 1.807) is 25.1 Å². The SMILES string of the molecule is CCOC(=O)c1cnc2sc3cc(N)ccc3n2c1=O. The van der Waals surface area contributed by atoms with Gasteiger partial charge < -0.3 is 10.5 Å². The summed E-state index contributed by atoms with van der Waals surface area (Å²) in [5.74, 6) is -0.658. The standard InChI is InChI=1S/C13H11N3O3S/c1-2-19-12(18)8-6-15-13-16(11(8)17)9-4-3-7(14)5-10(9)20-13/h3-6H,2,14H2,1H3. The number of fused-ring (bicyclic) bond motifs is 3. The number of nitrogens with zero attached hydrogens (tertiary/aromatic N) is 2. The van der Waals surface area contributed by atoms with Gasteiger partial charge in [-0.15, -0.1) is 0 Å². The van der Waals surface area contributed by atoms with Crippen molar-refractivity contribution in [2.24, 2.45) is 0 Å². The van der Waals surface area contributed by atoms with Crippen molar-refractivity contribution in [2.45, 2.75) is 6.92 Å². The first kappa shape index (κ1) is 12.6. The molecule has 0 saturated heterocycles. The van der Waals surface area contributed by atoms with E-state index in [0.717, 1.165) is 4.70 Å². The van der Waals surface area contributed by atoms with Gasteiger partial charge in [-0.2, -0.15) is 0 Å². The third kappa shape index (κ3) is 1.83. The Morgan fingerprint density at radius 2 is 2.30 bits per heavy atom. The van der Waals surface area contributed by atoms with E-state index in [9.17, 15) is 9.59 Å². The molecule has 0 atom stereocenters. The molecule has 0 aliphatic heterocycles. The maximum atomic E-state index is 12.4. The lowest BCUT2D eigenvalue weighted by Gasteiger charge is -2.01. The minimum Gasteiger partial charge on any atom is -0.462 e. The van der Waals surface area contributed by atoms with Crippen molar-refractivity contribution in [1.29, 1.82) is 0 Å². The van der Waals surface area contributed by atoms with Gasteiger partial charge in [0.05, 0.1) is 23.0 Å². The van der Waals surface area contributed by atoms with Gasteiger partial charge in [-0.1, -0.05) is 11.3 Å². The van der Waals surface area contributed by atoms with Gasteiger partial charge in [0.2, 0.25) is 0 Å². The molecule has 6 nitrogen and oxygen atoms in total. The molecule has 3 rings (SSSR count). The van der Waals surface area contributed by atoms with Crippen LogP contribution >= 0.6 is 11.3 Å². The molecule has 3 aromatic rings. The quantitative estimate of drug-likeness (QED) is 0.573. The van der Waals surface area contributed by atoms with Gasteiger partial charge in [-0.05, 0) is 25.1 Å². The number of anilines is 1. The van der Waals surface area contributed by atoms with E-state index in [-0.39, 0.29) is 12.2 Å². The van der Waals surface area contributed by atoms with Crippen molar-refractivity contribution in [2.75, 3.05) is 12.3 Å². The molecule has 2 heterocycles. The average Bonchev–Trinajstić information content (AvgIpc) is 2.77. The summed E-state index contributed by atoms with van der Waals surface area (Å²) in [6, 6.07) is 5.22. The van der Waals surface area contributed by atoms with E-state index < -0.39 is 11.5 Å². The second kappa shape index (κ2) is 4.61. The Balaban J connectivity index is 2.34. The van der Waals surface area contributed by atoms with Gasteiger partial charge in [0.1, 0.15) is 5.56 Å². The first-order valence-corrected chi connectivity index (χ1v) is 6.80. The molecule has 0 unspecified atom stereocenters. The van der Waals surface area contributed by atoms with Crippen molar-refractivity contribution >= 4 is 38.2 Å². The Hall–Kier alpha value is -2.41. The summed E-state index contributed by atoms with van der Waals surface area (Å²) in [7, 11) is 0. The van der Waals surface area contributed by atoms with Crippen LogP contribution in [-0.2, 0) is 4.74 Å². The zero-order valence-corrected chi connectivity index (χ0v) is 11.4. The molecule has 0 aliphatic carbocycles. The third-order valence-electron chi connectivity index (χ3n) is 2.85. The highest BCUT2D eigenvalue weighted by Crippen LogP contribution is 2.25. The van der Waals surface area contributed by atoms with Crippen LogP contribution in [0.2, 0.25) is 0 Å². The van der Waals surface area contributed by atoms with Crippen molar-refractivity contribution in [3.8, 4) is 0 Å². The summed E-state index contributed by atoms with van der Waals surface area (Å²) in [6.07, 6.45) is 1.26. The predicted octanol–water partition coefficient (Wildman–Crippen LogP) is 1.67. The van der Waals surface area contributed by atoms with Crippen LogP contribution in [0.25, 0.3) is 15.2 Å². The van der Waals surface area contributed by atoms with E-state index in [1.165, 1.54) is 21.9 Å². The van der Waals surface area contributed by atoms with Crippen LogP contribution in [0.4, 0.5) is 5.69 Å². The number of nitrogens with two attached hydrogens (primary N) is 1. The fraction of sp³-hybridized carbons (Fsp3) is 0.154. The maximum Gasteiger partial charge on any atom is 0.345 e. The van der Waals surface area contributed by atoms with E-state index in [4.69, 9.17) is 10.5 Å². The minimum atomic E-state index is -0.658. The van der Waals surface area contributed by atoms with Crippen molar-refractivity contribution in [3.05, 3.63) is 40.3 Å². The van der Waals surface area contributed by atoms with E-state index >= 15 is 0 Å². The largest absolute Gasteiger partial charge is 0.462 e. The topological polar surface area (TPSA) is 86.7 Å². The zero-order valence-electron chi connectivity index (χ0n) is 10.6. The van der Waals surface area contributed by atoms with Crippen LogP contribution in [0.15, 0.2) is 29.2 Å². The molecule has 7 heteroatoms. The molecule has 20 heavy (non-hydrogen) atoms. The van der Waals surface area contributed by atoms with Crippen LogP contribution in [0.3, 0.4) is 0 Å². The van der Waals surface area contributed by atoms with E-state index in [1.807, 2.05) is 0 Å². The fourth-order valence-electron chi connectivity index (χ4n) is 1.97. The molecule has 0 amide bonds. The number of rotatable bonds is 2. The average molecular weight is 289 g/mol. The van der Waals surface area contributed by atoms with Gasteiger partial charge in [-0.3, -0.25) is 9.20 Å². The summed E-state index contributed by atoms with van der Waals surface area (Å²) in [4.78, 5) is 28.8. The van der Waals surface area contributed by atoms with Gasteiger partial charge in [0.15, 0.2) is 4.96 Å². The molecule has 0 bridgehead atoms. The van der Waals surface area contributed by atoms with Crippen molar-refractivity contribution in [1.82, 2.24) is 9.38 Å². The summed E-state index contributed by atoms with van der Waals surface area (Å²) in [5, 5.41) is 0. The lowest BCUT2D eigenvalue weighted by Crippen LogP contribution is -2.23. The highest BCUT2D eigenvalue weighted by atomic mass is 32.1.